The highest BCUT2D eigenvalue weighted by molar-refractivity contribution is 6.30. The zero-order valence-electron chi connectivity index (χ0n) is 18.8. The fourth-order valence-corrected chi connectivity index (χ4v) is 4.64. The fraction of sp³-hybridized carbons (Fsp3) is 0.250. The molecule has 1 aliphatic rings. The van der Waals surface area contributed by atoms with Gasteiger partial charge in [-0.3, -0.25) is 20.2 Å². The molecule has 1 unspecified atom stereocenters. The summed E-state index contributed by atoms with van der Waals surface area (Å²) in [4.78, 5) is 18.2. The van der Waals surface area contributed by atoms with E-state index >= 15 is 0 Å². The normalized spacial score (nSPS) is 17.8. The zero-order valence-corrected chi connectivity index (χ0v) is 19.6. The number of carbonyl (C=O) groups excluding carboxylic acids is 1. The molecule has 1 atom stereocenters. The second-order valence-electron chi connectivity index (χ2n) is 8.52. The van der Waals surface area contributed by atoms with Crippen molar-refractivity contribution in [2.45, 2.75) is 24.6 Å². The Kier molecular flexibility index (Phi) is 6.98. The summed E-state index contributed by atoms with van der Waals surface area (Å²) in [5.41, 5.74) is 4.12. The minimum Gasteiger partial charge on any atom is -0.399 e. The number of benzene rings is 2. The van der Waals surface area contributed by atoms with E-state index in [0.29, 0.717) is 5.69 Å². The molecule has 1 amide bonds. The molecule has 0 saturated carbocycles. The number of nitrogens with one attached hydrogen (secondary N) is 1. The second-order valence-corrected chi connectivity index (χ2v) is 8.96. The van der Waals surface area contributed by atoms with Gasteiger partial charge in [0, 0.05) is 35.7 Å². The number of nitrogens with two attached hydrogens (primary N) is 1. The monoisotopic (exact) mass is 521 g/mol. The third-order valence-corrected chi connectivity index (χ3v) is 6.47. The van der Waals surface area contributed by atoms with Gasteiger partial charge in [0.2, 0.25) is 0 Å². The van der Waals surface area contributed by atoms with Gasteiger partial charge in [-0.05, 0) is 60.5 Å². The first kappa shape index (κ1) is 25.5. The first-order valence-electron chi connectivity index (χ1n) is 10.9. The Morgan fingerprint density at radius 3 is 2.61 bits per heavy atom. The van der Waals surface area contributed by atoms with E-state index < -0.39 is 24.0 Å². The summed E-state index contributed by atoms with van der Waals surface area (Å²) in [5, 5.41) is 22.0. The predicted octanol–water partition coefficient (Wildman–Crippen LogP) is 4.54. The number of hydrogen-bond acceptors (Lipinski definition) is 7. The van der Waals surface area contributed by atoms with Crippen LogP contribution in [0.3, 0.4) is 0 Å². The molecule has 1 fully saturated rings. The quantitative estimate of drug-likeness (QED) is 0.278. The van der Waals surface area contributed by atoms with E-state index in [9.17, 15) is 28.4 Å². The van der Waals surface area contributed by atoms with Gasteiger partial charge in [0.25, 0.3) is 5.91 Å². The van der Waals surface area contributed by atoms with Crippen molar-refractivity contribution in [2.75, 3.05) is 28.9 Å². The summed E-state index contributed by atoms with van der Waals surface area (Å²) < 4.78 is 43.2. The van der Waals surface area contributed by atoms with Gasteiger partial charge < -0.3 is 16.0 Å². The first-order chi connectivity index (χ1) is 17.0. The van der Waals surface area contributed by atoms with E-state index in [-0.39, 0.29) is 57.9 Å². The van der Waals surface area contributed by atoms with Gasteiger partial charge >= 0.3 is 6.18 Å². The molecule has 1 aliphatic heterocycles. The Hall–Kier alpha value is -3.54. The van der Waals surface area contributed by atoms with Crippen LogP contribution in [0.4, 0.5) is 30.2 Å². The third kappa shape index (κ3) is 5.03. The molecule has 12 heteroatoms. The molecule has 8 nitrogen and oxygen atoms in total. The number of nitrogens with zero attached hydrogens (tertiary/aromatic N) is 3. The number of carbonyl (C=O) groups is 1. The lowest BCUT2D eigenvalue weighted by Gasteiger charge is -2.33. The van der Waals surface area contributed by atoms with Crippen molar-refractivity contribution in [3.63, 3.8) is 0 Å². The summed E-state index contributed by atoms with van der Waals surface area (Å²) >= 11 is 6.00. The van der Waals surface area contributed by atoms with Crippen molar-refractivity contribution < 1.29 is 28.4 Å². The van der Waals surface area contributed by atoms with Crippen LogP contribution in [0.5, 0.6) is 0 Å². The SMILES string of the molecule is Nc1cc(Cl)cc(C2(C(F)(F)F)CCN(c3ccc(C(=O)NCc4ccccn4)c(N(O)O)c3)C2)c1. The topological polar surface area (TPSA) is 115 Å². The Balaban J connectivity index is 1.61. The minimum atomic E-state index is -4.60. The molecule has 0 bridgehead atoms. The molecule has 2 aromatic carbocycles. The van der Waals surface area contributed by atoms with Crippen molar-refractivity contribution in [3.05, 3.63) is 82.6 Å². The summed E-state index contributed by atoms with van der Waals surface area (Å²) in [6, 6.07) is 13.1. The Morgan fingerprint density at radius 1 is 1.19 bits per heavy atom. The molecule has 5 N–H and O–H groups in total. The van der Waals surface area contributed by atoms with Crippen LogP contribution in [0.2, 0.25) is 5.02 Å². The fourth-order valence-electron chi connectivity index (χ4n) is 4.39. The Labute approximate surface area is 209 Å². The minimum absolute atomic E-state index is 0.0213. The third-order valence-electron chi connectivity index (χ3n) is 6.25. The summed E-state index contributed by atoms with van der Waals surface area (Å²) in [5.74, 6) is -0.615. The van der Waals surface area contributed by atoms with Crippen LogP contribution in [0.15, 0.2) is 60.8 Å². The van der Waals surface area contributed by atoms with E-state index in [4.69, 9.17) is 17.3 Å². The molecular formula is C24H23ClF3N5O3. The molecule has 36 heavy (non-hydrogen) atoms. The molecule has 1 saturated heterocycles. The smallest absolute Gasteiger partial charge is 0.399 e. The summed E-state index contributed by atoms with van der Waals surface area (Å²) in [6.07, 6.45) is -3.30. The van der Waals surface area contributed by atoms with E-state index in [2.05, 4.69) is 10.3 Å². The zero-order chi connectivity index (χ0) is 26.1. The van der Waals surface area contributed by atoms with Crippen LogP contribution in [-0.2, 0) is 12.0 Å². The van der Waals surface area contributed by atoms with Gasteiger partial charge in [0.1, 0.15) is 11.1 Å². The van der Waals surface area contributed by atoms with Gasteiger partial charge in [-0.15, -0.1) is 5.23 Å². The lowest BCUT2D eigenvalue weighted by atomic mass is 9.78. The van der Waals surface area contributed by atoms with Crippen LogP contribution in [-0.4, -0.2) is 40.6 Å². The van der Waals surface area contributed by atoms with E-state index in [1.165, 1.54) is 41.3 Å². The predicted molar refractivity (Wildman–Crippen MR) is 128 cm³/mol. The van der Waals surface area contributed by atoms with Crippen molar-refractivity contribution in [3.8, 4) is 0 Å². The number of anilines is 3. The number of aromatic nitrogens is 1. The summed E-state index contributed by atoms with van der Waals surface area (Å²) in [7, 11) is 0. The van der Waals surface area contributed by atoms with Gasteiger partial charge in [-0.1, -0.05) is 17.7 Å². The molecule has 1 aromatic heterocycles. The Morgan fingerprint density at radius 2 is 1.97 bits per heavy atom. The standard InChI is InChI=1S/C24H23ClF3N5O3/c25-16-9-15(10-17(29)11-16)23(24(26,27)28)6-8-32(14-23)19-4-5-20(21(12-19)33(35)36)22(34)31-13-18-3-1-2-7-30-18/h1-5,7,9-12,35-36H,6,8,13-14,29H2,(H,31,34). The number of alkyl halides is 3. The molecule has 0 spiro atoms. The number of hydrogen-bond donors (Lipinski definition) is 4. The maximum atomic E-state index is 14.4. The van der Waals surface area contributed by atoms with E-state index in [1.807, 2.05) is 0 Å². The van der Waals surface area contributed by atoms with Crippen molar-refractivity contribution in [1.29, 1.82) is 0 Å². The maximum absolute atomic E-state index is 14.4. The van der Waals surface area contributed by atoms with Gasteiger partial charge in [-0.25, -0.2) is 0 Å². The molecule has 3 aromatic rings. The average Bonchev–Trinajstić information content (AvgIpc) is 3.29. The average molecular weight is 522 g/mol. The van der Waals surface area contributed by atoms with Gasteiger partial charge in [0.05, 0.1) is 17.8 Å². The number of nitrogen functional groups attached to an aromatic ring is 1. The van der Waals surface area contributed by atoms with Crippen LogP contribution in [0, 0.1) is 0 Å². The van der Waals surface area contributed by atoms with E-state index in [1.54, 1.807) is 24.4 Å². The van der Waals surface area contributed by atoms with Crippen molar-refractivity contribution >= 4 is 34.6 Å². The lowest BCUT2D eigenvalue weighted by Crippen LogP contribution is -2.45. The van der Waals surface area contributed by atoms with Crippen LogP contribution >= 0.6 is 11.6 Å². The van der Waals surface area contributed by atoms with Gasteiger partial charge in [-0.2, -0.15) is 13.2 Å². The largest absolute Gasteiger partial charge is 0.400 e. The van der Waals surface area contributed by atoms with Gasteiger partial charge in [0.15, 0.2) is 0 Å². The number of amides is 1. The molecular weight excluding hydrogens is 499 g/mol. The molecule has 0 aliphatic carbocycles. The highest BCUT2D eigenvalue weighted by Crippen LogP contribution is 2.49. The van der Waals surface area contributed by atoms with E-state index in [0.717, 1.165) is 0 Å². The lowest BCUT2D eigenvalue weighted by molar-refractivity contribution is -0.184. The Bertz CT molecular complexity index is 1240. The number of rotatable bonds is 6. The molecule has 0 radical (unpaired) electrons. The first-order valence-corrected chi connectivity index (χ1v) is 11.3. The molecule has 2 heterocycles. The number of halogens is 4. The molecule has 4 rings (SSSR count). The van der Waals surface area contributed by atoms with Crippen LogP contribution in [0.25, 0.3) is 0 Å². The van der Waals surface area contributed by atoms with Crippen LogP contribution in [0.1, 0.15) is 28.0 Å². The van der Waals surface area contributed by atoms with Crippen LogP contribution < -0.4 is 21.2 Å². The number of pyridine rings is 1. The molecule has 190 valence electrons. The highest BCUT2D eigenvalue weighted by Gasteiger charge is 2.59. The summed E-state index contributed by atoms with van der Waals surface area (Å²) in [6.45, 7) is -0.327. The van der Waals surface area contributed by atoms with Crippen molar-refractivity contribution in [2.24, 2.45) is 0 Å². The highest BCUT2D eigenvalue weighted by atomic mass is 35.5. The van der Waals surface area contributed by atoms with Crippen molar-refractivity contribution in [1.82, 2.24) is 10.3 Å². The second kappa shape index (κ2) is 9.84. The maximum Gasteiger partial charge on any atom is 0.400 e.